The Morgan fingerprint density at radius 1 is 0.958 bits per heavy atom. The van der Waals surface area contributed by atoms with E-state index in [0.717, 1.165) is 28.2 Å². The first-order valence-corrected chi connectivity index (χ1v) is 7.82. The third-order valence-electron chi connectivity index (χ3n) is 4.15. The van der Waals surface area contributed by atoms with Crippen molar-refractivity contribution in [1.82, 2.24) is 5.32 Å². The molecule has 4 heteroatoms. The summed E-state index contributed by atoms with van der Waals surface area (Å²) in [4.78, 5) is 0. The summed E-state index contributed by atoms with van der Waals surface area (Å²) in [5, 5.41) is 5.50. The molecule has 1 N–H and O–H groups in total. The van der Waals surface area contributed by atoms with Crippen LogP contribution < -0.4 is 10.1 Å². The van der Waals surface area contributed by atoms with E-state index in [1.165, 1.54) is 12.1 Å². The van der Waals surface area contributed by atoms with Crippen molar-refractivity contribution in [2.45, 2.75) is 19.5 Å². The standard InChI is InChI=1S/C20H19F2NO/c1-13(19-8-6-17(21)11-20(19)22)23-12-14-3-4-16-10-18(24-2)7-5-15(16)9-14/h3-11,13,23H,12H2,1-2H3/t13-/m0/s1. The molecule has 3 rings (SSSR count). The normalized spacial score (nSPS) is 12.3. The van der Waals surface area contributed by atoms with Crippen LogP contribution in [0.2, 0.25) is 0 Å². The fourth-order valence-electron chi connectivity index (χ4n) is 2.74. The van der Waals surface area contributed by atoms with Crippen molar-refractivity contribution < 1.29 is 13.5 Å². The molecule has 0 amide bonds. The van der Waals surface area contributed by atoms with E-state index in [0.29, 0.717) is 12.1 Å². The molecule has 1 atom stereocenters. The van der Waals surface area contributed by atoms with Gasteiger partial charge in [0.25, 0.3) is 0 Å². The Hall–Kier alpha value is -2.46. The van der Waals surface area contributed by atoms with Crippen LogP contribution in [0.4, 0.5) is 8.78 Å². The zero-order valence-corrected chi connectivity index (χ0v) is 13.6. The highest BCUT2D eigenvalue weighted by Crippen LogP contribution is 2.23. The summed E-state index contributed by atoms with van der Waals surface area (Å²) in [5.74, 6) is -0.261. The van der Waals surface area contributed by atoms with Crippen molar-refractivity contribution in [3.63, 3.8) is 0 Å². The number of methoxy groups -OCH3 is 1. The second-order valence-electron chi connectivity index (χ2n) is 5.82. The number of hydrogen-bond acceptors (Lipinski definition) is 2. The average Bonchev–Trinajstić information content (AvgIpc) is 2.59. The minimum atomic E-state index is -0.562. The fourth-order valence-corrected chi connectivity index (χ4v) is 2.74. The Labute approximate surface area is 140 Å². The molecule has 0 aliphatic carbocycles. The third-order valence-corrected chi connectivity index (χ3v) is 4.15. The van der Waals surface area contributed by atoms with Gasteiger partial charge in [-0.2, -0.15) is 0 Å². The van der Waals surface area contributed by atoms with E-state index in [1.54, 1.807) is 7.11 Å². The minimum absolute atomic E-state index is 0.211. The van der Waals surface area contributed by atoms with Crippen LogP contribution in [0.3, 0.4) is 0 Å². The first-order chi connectivity index (χ1) is 11.6. The molecule has 0 radical (unpaired) electrons. The van der Waals surface area contributed by atoms with E-state index in [1.807, 2.05) is 37.3 Å². The lowest BCUT2D eigenvalue weighted by Gasteiger charge is -2.15. The van der Waals surface area contributed by atoms with Gasteiger partial charge in [-0.3, -0.25) is 0 Å². The van der Waals surface area contributed by atoms with Crippen molar-refractivity contribution in [2.24, 2.45) is 0 Å². The van der Waals surface area contributed by atoms with Crippen LogP contribution in [0.25, 0.3) is 10.8 Å². The molecule has 24 heavy (non-hydrogen) atoms. The van der Waals surface area contributed by atoms with Gasteiger partial charge in [-0.15, -0.1) is 0 Å². The Morgan fingerprint density at radius 2 is 1.71 bits per heavy atom. The highest BCUT2D eigenvalue weighted by Gasteiger charge is 2.11. The highest BCUT2D eigenvalue weighted by atomic mass is 19.1. The van der Waals surface area contributed by atoms with Gasteiger partial charge in [0.1, 0.15) is 17.4 Å². The van der Waals surface area contributed by atoms with Gasteiger partial charge in [-0.1, -0.05) is 24.3 Å². The van der Waals surface area contributed by atoms with Gasteiger partial charge in [0.2, 0.25) is 0 Å². The first kappa shape index (κ1) is 16.4. The summed E-state index contributed by atoms with van der Waals surface area (Å²) in [6.45, 7) is 2.46. The molecular weight excluding hydrogens is 308 g/mol. The Morgan fingerprint density at radius 3 is 2.46 bits per heavy atom. The van der Waals surface area contributed by atoms with Gasteiger partial charge in [-0.05, 0) is 47.5 Å². The van der Waals surface area contributed by atoms with Crippen LogP contribution in [-0.4, -0.2) is 7.11 Å². The molecule has 2 nitrogen and oxygen atoms in total. The predicted molar refractivity (Wildman–Crippen MR) is 92.1 cm³/mol. The predicted octanol–water partition coefficient (Wildman–Crippen LogP) is 4.98. The van der Waals surface area contributed by atoms with Gasteiger partial charge in [0.15, 0.2) is 0 Å². The maximum atomic E-state index is 13.8. The zero-order chi connectivity index (χ0) is 17.1. The van der Waals surface area contributed by atoms with E-state index < -0.39 is 11.6 Å². The van der Waals surface area contributed by atoms with E-state index in [9.17, 15) is 8.78 Å². The molecule has 0 fully saturated rings. The molecule has 0 heterocycles. The summed E-state index contributed by atoms with van der Waals surface area (Å²) < 4.78 is 32.0. The molecule has 0 saturated carbocycles. The number of ether oxygens (including phenoxy) is 1. The summed E-state index contributed by atoms with van der Waals surface area (Å²) in [7, 11) is 1.65. The summed E-state index contributed by atoms with van der Waals surface area (Å²) >= 11 is 0. The van der Waals surface area contributed by atoms with Gasteiger partial charge in [0, 0.05) is 24.2 Å². The monoisotopic (exact) mass is 327 g/mol. The smallest absolute Gasteiger partial charge is 0.130 e. The fraction of sp³-hybridized carbons (Fsp3) is 0.200. The van der Waals surface area contributed by atoms with Gasteiger partial charge < -0.3 is 10.1 Å². The first-order valence-electron chi connectivity index (χ1n) is 7.82. The molecule has 0 bridgehead atoms. The van der Waals surface area contributed by atoms with Crippen molar-refractivity contribution in [1.29, 1.82) is 0 Å². The SMILES string of the molecule is COc1ccc2cc(CN[C@@H](C)c3ccc(F)cc3F)ccc2c1. The topological polar surface area (TPSA) is 21.3 Å². The third kappa shape index (κ3) is 3.54. The number of fused-ring (bicyclic) bond motifs is 1. The average molecular weight is 327 g/mol. The Kier molecular flexibility index (Phi) is 4.76. The summed E-state index contributed by atoms with van der Waals surface area (Å²) in [5.41, 5.74) is 1.56. The van der Waals surface area contributed by atoms with E-state index in [2.05, 4.69) is 11.4 Å². The molecule has 0 aliphatic heterocycles. The van der Waals surface area contributed by atoms with Crippen molar-refractivity contribution in [3.05, 3.63) is 77.4 Å². The number of rotatable bonds is 5. The lowest BCUT2D eigenvalue weighted by Crippen LogP contribution is -2.19. The number of nitrogens with one attached hydrogen (secondary N) is 1. The maximum Gasteiger partial charge on any atom is 0.130 e. The Bertz CT molecular complexity index is 863. The molecule has 0 unspecified atom stereocenters. The van der Waals surface area contributed by atoms with Gasteiger partial charge >= 0.3 is 0 Å². The zero-order valence-electron chi connectivity index (χ0n) is 13.6. The van der Waals surface area contributed by atoms with E-state index in [-0.39, 0.29) is 6.04 Å². The minimum Gasteiger partial charge on any atom is -0.497 e. The van der Waals surface area contributed by atoms with Crippen molar-refractivity contribution in [3.8, 4) is 5.75 Å². The quantitative estimate of drug-likeness (QED) is 0.714. The molecule has 0 aromatic heterocycles. The molecule has 0 spiro atoms. The maximum absolute atomic E-state index is 13.8. The molecule has 3 aromatic carbocycles. The number of benzene rings is 3. The van der Waals surface area contributed by atoms with Crippen LogP contribution in [0.1, 0.15) is 24.1 Å². The Balaban J connectivity index is 1.73. The van der Waals surface area contributed by atoms with Gasteiger partial charge in [-0.25, -0.2) is 8.78 Å². The second kappa shape index (κ2) is 6.97. The molecular formula is C20H19F2NO. The van der Waals surface area contributed by atoms with Crippen LogP contribution in [0, 0.1) is 11.6 Å². The summed E-state index contributed by atoms with van der Waals surface area (Å²) in [6.07, 6.45) is 0. The molecule has 124 valence electrons. The van der Waals surface area contributed by atoms with Crippen molar-refractivity contribution >= 4 is 10.8 Å². The molecule has 3 aromatic rings. The van der Waals surface area contributed by atoms with Crippen LogP contribution >= 0.6 is 0 Å². The van der Waals surface area contributed by atoms with Crippen LogP contribution in [0.15, 0.2) is 54.6 Å². The van der Waals surface area contributed by atoms with Crippen LogP contribution in [0.5, 0.6) is 5.75 Å². The van der Waals surface area contributed by atoms with E-state index >= 15 is 0 Å². The van der Waals surface area contributed by atoms with Gasteiger partial charge in [0.05, 0.1) is 7.11 Å². The van der Waals surface area contributed by atoms with Crippen LogP contribution in [-0.2, 0) is 6.54 Å². The molecule has 0 aliphatic rings. The lowest BCUT2D eigenvalue weighted by atomic mass is 10.0. The highest BCUT2D eigenvalue weighted by molar-refractivity contribution is 5.84. The largest absolute Gasteiger partial charge is 0.497 e. The lowest BCUT2D eigenvalue weighted by molar-refractivity contribution is 0.415. The second-order valence-corrected chi connectivity index (χ2v) is 5.82. The number of halogens is 2. The van der Waals surface area contributed by atoms with E-state index in [4.69, 9.17) is 4.74 Å². The number of hydrogen-bond donors (Lipinski definition) is 1. The summed E-state index contributed by atoms with van der Waals surface area (Å²) in [6, 6.07) is 15.6. The molecule has 0 saturated heterocycles. The van der Waals surface area contributed by atoms with Crippen molar-refractivity contribution in [2.75, 3.05) is 7.11 Å².